The Balaban J connectivity index is 1.57. The topological polar surface area (TPSA) is 85.6 Å². The number of nitrogens with one attached hydrogen (secondary N) is 1. The van der Waals surface area contributed by atoms with E-state index in [0.29, 0.717) is 22.2 Å². The molecule has 1 N–H and O–H groups in total. The number of carbonyl (C=O) groups excluding carboxylic acids is 1. The molecule has 0 radical (unpaired) electrons. The zero-order valence-corrected chi connectivity index (χ0v) is 17.4. The van der Waals surface area contributed by atoms with E-state index in [-0.39, 0.29) is 5.91 Å². The summed E-state index contributed by atoms with van der Waals surface area (Å²) in [4.78, 5) is 16.8. The fourth-order valence-electron chi connectivity index (χ4n) is 2.88. The van der Waals surface area contributed by atoms with Crippen LogP contribution in [0.15, 0.2) is 42.5 Å². The average Bonchev–Trinajstić information content (AvgIpc) is 3.31. The van der Waals surface area contributed by atoms with Crippen molar-refractivity contribution in [3.05, 3.63) is 70.4 Å². The van der Waals surface area contributed by atoms with Crippen molar-refractivity contribution in [3.63, 3.8) is 0 Å². The van der Waals surface area contributed by atoms with Crippen LogP contribution in [-0.4, -0.2) is 30.3 Å². The number of aromatic nitrogens is 5. The predicted octanol–water partition coefficient (Wildman–Crippen LogP) is 4.27. The summed E-state index contributed by atoms with van der Waals surface area (Å²) in [6.45, 7) is 8.05. The Bertz CT molecular complexity index is 1190. The Hall–Kier alpha value is -3.39. The molecule has 2 heterocycles. The summed E-state index contributed by atoms with van der Waals surface area (Å²) in [5.74, 6) is 0.227. The van der Waals surface area contributed by atoms with Gasteiger partial charge in [0.2, 0.25) is 5.13 Å². The van der Waals surface area contributed by atoms with Crippen molar-refractivity contribution < 1.29 is 4.79 Å². The van der Waals surface area contributed by atoms with Crippen LogP contribution in [0.2, 0.25) is 0 Å². The van der Waals surface area contributed by atoms with E-state index in [0.717, 1.165) is 28.5 Å². The molecule has 8 heteroatoms. The number of nitrogens with zero attached hydrogens (tertiary/aromatic N) is 5. The highest BCUT2D eigenvalue weighted by Crippen LogP contribution is 2.24. The largest absolute Gasteiger partial charge is 0.297 e. The highest BCUT2D eigenvalue weighted by Gasteiger charge is 2.18. The van der Waals surface area contributed by atoms with Gasteiger partial charge in [0.05, 0.1) is 11.4 Å². The van der Waals surface area contributed by atoms with Gasteiger partial charge >= 0.3 is 0 Å². The first-order valence-corrected chi connectivity index (χ1v) is 9.92. The molecule has 4 rings (SSSR count). The molecule has 0 atom stereocenters. The summed E-state index contributed by atoms with van der Waals surface area (Å²) in [5.41, 5.74) is 6.45. The number of anilines is 1. The molecule has 0 bridgehead atoms. The maximum atomic E-state index is 12.4. The van der Waals surface area contributed by atoms with Gasteiger partial charge in [-0.3, -0.25) is 10.1 Å². The van der Waals surface area contributed by atoms with Gasteiger partial charge in [-0.25, -0.2) is 4.68 Å². The third-order valence-electron chi connectivity index (χ3n) is 4.80. The first kappa shape index (κ1) is 18.9. The van der Waals surface area contributed by atoms with Crippen molar-refractivity contribution in [3.8, 4) is 17.2 Å². The van der Waals surface area contributed by atoms with E-state index in [1.165, 1.54) is 11.1 Å². The van der Waals surface area contributed by atoms with Crippen LogP contribution in [0.3, 0.4) is 0 Å². The van der Waals surface area contributed by atoms with Gasteiger partial charge in [0.1, 0.15) is 0 Å². The van der Waals surface area contributed by atoms with Gasteiger partial charge in [-0.1, -0.05) is 29.0 Å². The third kappa shape index (κ3) is 3.79. The first-order chi connectivity index (χ1) is 13.9. The van der Waals surface area contributed by atoms with Gasteiger partial charge in [0.25, 0.3) is 5.91 Å². The highest BCUT2D eigenvalue weighted by atomic mass is 32.1. The van der Waals surface area contributed by atoms with Crippen LogP contribution in [0.4, 0.5) is 5.13 Å². The van der Waals surface area contributed by atoms with Crippen LogP contribution in [0.1, 0.15) is 32.7 Å². The number of aryl methyl sites for hydroxylation is 3. The molecule has 0 saturated heterocycles. The number of rotatable bonds is 4. The fraction of sp³-hybridized carbons (Fsp3) is 0.190. The summed E-state index contributed by atoms with van der Waals surface area (Å²) < 4.78 is 6.12. The monoisotopic (exact) mass is 404 g/mol. The molecule has 0 aliphatic rings. The molecule has 0 aliphatic heterocycles. The third-order valence-corrected chi connectivity index (χ3v) is 5.43. The smallest absolute Gasteiger partial charge is 0.257 e. The second-order valence-corrected chi connectivity index (χ2v) is 7.70. The Morgan fingerprint density at radius 3 is 2.48 bits per heavy atom. The first-order valence-electron chi connectivity index (χ1n) is 9.14. The lowest BCUT2D eigenvalue weighted by Gasteiger charge is -2.06. The summed E-state index contributed by atoms with van der Waals surface area (Å²) in [6.07, 6.45) is 0. The van der Waals surface area contributed by atoms with E-state index in [1.54, 1.807) is 16.8 Å². The van der Waals surface area contributed by atoms with Crippen LogP contribution >= 0.6 is 11.5 Å². The van der Waals surface area contributed by atoms with Crippen molar-refractivity contribution >= 4 is 22.6 Å². The van der Waals surface area contributed by atoms with Crippen LogP contribution in [0.5, 0.6) is 0 Å². The van der Waals surface area contributed by atoms with E-state index in [9.17, 15) is 4.79 Å². The molecular formula is C21H20N6OS. The van der Waals surface area contributed by atoms with Crippen molar-refractivity contribution in [1.29, 1.82) is 0 Å². The van der Waals surface area contributed by atoms with Crippen molar-refractivity contribution in [2.45, 2.75) is 27.7 Å². The molecule has 0 saturated carbocycles. The Morgan fingerprint density at radius 1 is 1.00 bits per heavy atom. The minimum Gasteiger partial charge on any atom is -0.297 e. The molecule has 0 spiro atoms. The molecule has 0 aliphatic carbocycles. The number of benzene rings is 2. The molecule has 2 aromatic carbocycles. The standard InChI is InChI=1S/C21H20N6OS/c1-12-5-8-16(9-6-12)20(28)23-21-22-19(25-29-21)18-15(4)27(26-24-18)17-10-7-13(2)14(3)11-17/h5-11H,1-4H3,(H,22,23,25,28). The second-order valence-electron chi connectivity index (χ2n) is 6.95. The van der Waals surface area contributed by atoms with Crippen LogP contribution in [0, 0.1) is 27.7 Å². The van der Waals surface area contributed by atoms with Gasteiger partial charge in [0.15, 0.2) is 11.5 Å². The SMILES string of the molecule is Cc1ccc(C(=O)Nc2nc(-c3nnn(-c4ccc(C)c(C)c4)c3C)ns2)cc1. The Labute approximate surface area is 172 Å². The lowest BCUT2D eigenvalue weighted by atomic mass is 10.1. The van der Waals surface area contributed by atoms with Gasteiger partial charge < -0.3 is 0 Å². The van der Waals surface area contributed by atoms with Gasteiger partial charge in [-0.2, -0.15) is 9.36 Å². The summed E-state index contributed by atoms with van der Waals surface area (Å²) in [6, 6.07) is 13.5. The maximum Gasteiger partial charge on any atom is 0.257 e. The number of amides is 1. The van der Waals surface area contributed by atoms with Crippen LogP contribution < -0.4 is 5.32 Å². The highest BCUT2D eigenvalue weighted by molar-refractivity contribution is 7.10. The van der Waals surface area contributed by atoms with Crippen molar-refractivity contribution in [2.75, 3.05) is 5.32 Å². The minimum absolute atomic E-state index is 0.219. The minimum atomic E-state index is -0.219. The molecule has 0 fully saturated rings. The zero-order valence-electron chi connectivity index (χ0n) is 16.6. The van der Waals surface area contributed by atoms with E-state index in [2.05, 4.69) is 51.0 Å². The Kier molecular flexibility index (Phi) is 4.94. The summed E-state index contributed by atoms with van der Waals surface area (Å²) >= 11 is 1.12. The second kappa shape index (κ2) is 7.56. The molecule has 0 unspecified atom stereocenters. The quantitative estimate of drug-likeness (QED) is 0.549. The van der Waals surface area contributed by atoms with Crippen LogP contribution in [0.25, 0.3) is 17.2 Å². The summed E-state index contributed by atoms with van der Waals surface area (Å²) in [7, 11) is 0. The molecule has 2 aromatic heterocycles. The van der Waals surface area contributed by atoms with Gasteiger partial charge in [0, 0.05) is 17.1 Å². The number of hydrogen-bond acceptors (Lipinski definition) is 6. The lowest BCUT2D eigenvalue weighted by molar-refractivity contribution is 0.102. The van der Waals surface area contributed by atoms with Crippen LogP contribution in [-0.2, 0) is 0 Å². The normalized spacial score (nSPS) is 10.9. The van der Waals surface area contributed by atoms with Gasteiger partial charge in [-0.05, 0) is 63.1 Å². The van der Waals surface area contributed by atoms with E-state index in [1.807, 2.05) is 32.0 Å². The molecule has 1 amide bonds. The number of hydrogen-bond donors (Lipinski definition) is 1. The average molecular weight is 404 g/mol. The van der Waals surface area contributed by atoms with E-state index in [4.69, 9.17) is 0 Å². The molecule has 4 aromatic rings. The molecule has 146 valence electrons. The van der Waals surface area contributed by atoms with Gasteiger partial charge in [-0.15, -0.1) is 5.10 Å². The number of carbonyl (C=O) groups is 1. The Morgan fingerprint density at radius 2 is 1.76 bits per heavy atom. The lowest BCUT2D eigenvalue weighted by Crippen LogP contribution is -2.11. The zero-order chi connectivity index (χ0) is 20.5. The summed E-state index contributed by atoms with van der Waals surface area (Å²) in [5, 5.41) is 11.7. The molecular weight excluding hydrogens is 384 g/mol. The maximum absolute atomic E-state index is 12.4. The van der Waals surface area contributed by atoms with E-state index < -0.39 is 0 Å². The van der Waals surface area contributed by atoms with Crippen molar-refractivity contribution in [1.82, 2.24) is 24.4 Å². The van der Waals surface area contributed by atoms with Crippen molar-refractivity contribution in [2.24, 2.45) is 0 Å². The predicted molar refractivity (Wildman–Crippen MR) is 114 cm³/mol. The molecule has 7 nitrogen and oxygen atoms in total. The van der Waals surface area contributed by atoms with E-state index >= 15 is 0 Å². The fourth-order valence-corrected chi connectivity index (χ4v) is 3.45. The molecule has 29 heavy (non-hydrogen) atoms.